The summed E-state index contributed by atoms with van der Waals surface area (Å²) in [6.45, 7) is 0. The number of nitrogens with zero attached hydrogens (tertiary/aromatic N) is 1. The molecular formula is C17H13FN2O2. The largest absolute Gasteiger partial charge is 0.497 e. The molecule has 1 N–H and O–H groups in total. The van der Waals surface area contributed by atoms with Gasteiger partial charge in [0.15, 0.2) is 0 Å². The summed E-state index contributed by atoms with van der Waals surface area (Å²) in [6, 6.07) is 12.7. The monoisotopic (exact) mass is 296 g/mol. The van der Waals surface area contributed by atoms with Crippen molar-refractivity contribution < 1.29 is 13.9 Å². The van der Waals surface area contributed by atoms with Crippen LogP contribution in [-0.2, 0) is 0 Å². The number of carbonyl (C=O) groups excluding carboxylic acids is 1. The minimum atomic E-state index is -0.377. The maximum Gasteiger partial charge on any atom is 0.255 e. The number of amides is 1. The van der Waals surface area contributed by atoms with E-state index in [0.29, 0.717) is 11.3 Å². The molecule has 2 aromatic carbocycles. The minimum absolute atomic E-state index is 0.310. The van der Waals surface area contributed by atoms with Gasteiger partial charge in [0.25, 0.3) is 5.91 Å². The molecule has 0 atom stereocenters. The number of hydrogen-bond acceptors (Lipinski definition) is 3. The van der Waals surface area contributed by atoms with Crippen LogP contribution in [0, 0.1) is 5.82 Å². The molecule has 0 bridgehead atoms. The van der Waals surface area contributed by atoms with E-state index in [0.717, 1.165) is 16.7 Å². The number of carbonyl (C=O) groups is 1. The van der Waals surface area contributed by atoms with E-state index in [4.69, 9.17) is 4.74 Å². The van der Waals surface area contributed by atoms with E-state index in [2.05, 4.69) is 10.3 Å². The van der Waals surface area contributed by atoms with E-state index in [1.165, 1.54) is 24.3 Å². The Kier molecular flexibility index (Phi) is 3.70. The van der Waals surface area contributed by atoms with Crippen LogP contribution in [0.2, 0.25) is 0 Å². The summed E-state index contributed by atoms with van der Waals surface area (Å²) in [4.78, 5) is 16.4. The molecule has 110 valence electrons. The molecule has 1 heterocycles. The van der Waals surface area contributed by atoms with Crippen LogP contribution in [0.1, 0.15) is 10.4 Å². The number of hydrogen-bond donors (Lipinski definition) is 1. The number of rotatable bonds is 3. The molecule has 0 aliphatic carbocycles. The lowest BCUT2D eigenvalue weighted by atomic mass is 10.2. The van der Waals surface area contributed by atoms with E-state index in [1.807, 2.05) is 24.3 Å². The summed E-state index contributed by atoms with van der Waals surface area (Å²) in [5.41, 5.74) is 1.74. The smallest absolute Gasteiger partial charge is 0.255 e. The first-order valence-corrected chi connectivity index (χ1v) is 6.66. The fraction of sp³-hybridized carbons (Fsp3) is 0.0588. The zero-order valence-corrected chi connectivity index (χ0v) is 11.8. The number of halogens is 1. The van der Waals surface area contributed by atoms with E-state index in [-0.39, 0.29) is 11.7 Å². The van der Waals surface area contributed by atoms with Crippen molar-refractivity contribution in [3.63, 3.8) is 0 Å². The zero-order valence-electron chi connectivity index (χ0n) is 11.8. The molecule has 0 saturated carbocycles. The van der Waals surface area contributed by atoms with Gasteiger partial charge < -0.3 is 10.1 Å². The number of aromatic nitrogens is 1. The van der Waals surface area contributed by atoms with Crippen molar-refractivity contribution in [1.82, 2.24) is 4.98 Å². The molecule has 22 heavy (non-hydrogen) atoms. The minimum Gasteiger partial charge on any atom is -0.497 e. The molecule has 1 amide bonds. The second-order valence-corrected chi connectivity index (χ2v) is 4.74. The van der Waals surface area contributed by atoms with Crippen molar-refractivity contribution in [1.29, 1.82) is 0 Å². The maximum absolute atomic E-state index is 12.9. The normalized spacial score (nSPS) is 10.5. The standard InChI is InChI=1S/C17H13FN2O2/c1-22-15-7-4-12-8-14(10-19-16(12)9-15)20-17(21)11-2-5-13(18)6-3-11/h2-10H,1H3,(H,20,21). The number of methoxy groups -OCH3 is 1. The SMILES string of the molecule is COc1ccc2cc(NC(=O)c3ccc(F)cc3)cnc2c1. The molecule has 3 rings (SSSR count). The molecule has 0 radical (unpaired) electrons. The second-order valence-electron chi connectivity index (χ2n) is 4.74. The Morgan fingerprint density at radius 3 is 2.64 bits per heavy atom. The highest BCUT2D eigenvalue weighted by Gasteiger charge is 2.07. The highest BCUT2D eigenvalue weighted by Crippen LogP contribution is 2.21. The fourth-order valence-electron chi connectivity index (χ4n) is 2.10. The molecule has 0 fully saturated rings. The van der Waals surface area contributed by atoms with Crippen LogP contribution in [0.4, 0.5) is 10.1 Å². The highest BCUT2D eigenvalue weighted by atomic mass is 19.1. The molecule has 0 spiro atoms. The first-order valence-electron chi connectivity index (χ1n) is 6.66. The Balaban J connectivity index is 1.84. The number of ether oxygens (including phenoxy) is 1. The summed E-state index contributed by atoms with van der Waals surface area (Å²) in [5, 5.41) is 3.63. The van der Waals surface area contributed by atoms with Crippen molar-refractivity contribution in [2.24, 2.45) is 0 Å². The molecular weight excluding hydrogens is 283 g/mol. The lowest BCUT2D eigenvalue weighted by Gasteiger charge is -2.07. The van der Waals surface area contributed by atoms with Crippen molar-refractivity contribution >= 4 is 22.5 Å². The maximum atomic E-state index is 12.9. The van der Waals surface area contributed by atoms with Gasteiger partial charge in [-0.1, -0.05) is 0 Å². The lowest BCUT2D eigenvalue weighted by Crippen LogP contribution is -2.11. The summed E-state index contributed by atoms with van der Waals surface area (Å²) < 4.78 is 18.0. The molecule has 5 heteroatoms. The summed E-state index contributed by atoms with van der Waals surface area (Å²) in [5.74, 6) is 0.0376. The topological polar surface area (TPSA) is 51.2 Å². The molecule has 4 nitrogen and oxygen atoms in total. The molecule has 0 aliphatic rings. The van der Waals surface area contributed by atoms with Crippen molar-refractivity contribution in [2.45, 2.75) is 0 Å². The van der Waals surface area contributed by atoms with Gasteiger partial charge in [-0.3, -0.25) is 9.78 Å². The van der Waals surface area contributed by atoms with Gasteiger partial charge in [-0.05, 0) is 42.5 Å². The Bertz CT molecular complexity index is 832. The van der Waals surface area contributed by atoms with Gasteiger partial charge in [0.05, 0.1) is 24.5 Å². The van der Waals surface area contributed by atoms with Crippen LogP contribution >= 0.6 is 0 Å². The third kappa shape index (κ3) is 2.88. The van der Waals surface area contributed by atoms with Crippen molar-refractivity contribution in [3.8, 4) is 5.75 Å². The summed E-state index contributed by atoms with van der Waals surface area (Å²) in [6.07, 6.45) is 1.57. The van der Waals surface area contributed by atoms with Gasteiger partial charge in [-0.15, -0.1) is 0 Å². The van der Waals surface area contributed by atoms with E-state index in [9.17, 15) is 9.18 Å². The van der Waals surface area contributed by atoms with Crippen LogP contribution < -0.4 is 10.1 Å². The van der Waals surface area contributed by atoms with Crippen LogP contribution in [0.5, 0.6) is 5.75 Å². The highest BCUT2D eigenvalue weighted by molar-refractivity contribution is 6.04. The van der Waals surface area contributed by atoms with Crippen LogP contribution in [0.25, 0.3) is 10.9 Å². The van der Waals surface area contributed by atoms with Gasteiger partial charge in [-0.25, -0.2) is 4.39 Å². The number of benzene rings is 2. The average molecular weight is 296 g/mol. The second kappa shape index (κ2) is 5.81. The van der Waals surface area contributed by atoms with Crippen LogP contribution in [0.15, 0.2) is 54.7 Å². The first kappa shape index (κ1) is 14.0. The number of anilines is 1. The van der Waals surface area contributed by atoms with E-state index >= 15 is 0 Å². The first-order chi connectivity index (χ1) is 10.7. The summed E-state index contributed by atoms with van der Waals surface area (Å²) >= 11 is 0. The third-order valence-electron chi connectivity index (χ3n) is 3.26. The molecule has 0 unspecified atom stereocenters. The predicted molar refractivity (Wildman–Crippen MR) is 82.6 cm³/mol. The average Bonchev–Trinajstić information content (AvgIpc) is 2.55. The number of nitrogens with one attached hydrogen (secondary N) is 1. The zero-order chi connectivity index (χ0) is 15.5. The Hall–Kier alpha value is -2.95. The molecule has 3 aromatic rings. The van der Waals surface area contributed by atoms with Crippen molar-refractivity contribution in [3.05, 3.63) is 66.1 Å². The molecule has 0 saturated heterocycles. The van der Waals surface area contributed by atoms with Crippen LogP contribution in [0.3, 0.4) is 0 Å². The van der Waals surface area contributed by atoms with Crippen molar-refractivity contribution in [2.75, 3.05) is 12.4 Å². The van der Waals surface area contributed by atoms with Crippen LogP contribution in [-0.4, -0.2) is 18.0 Å². The Labute approximate surface area is 126 Å². The molecule has 1 aromatic heterocycles. The molecule has 0 aliphatic heterocycles. The van der Waals surface area contributed by atoms with Gasteiger partial charge in [0.1, 0.15) is 11.6 Å². The van der Waals surface area contributed by atoms with E-state index in [1.54, 1.807) is 13.3 Å². The van der Waals surface area contributed by atoms with Gasteiger partial charge in [0, 0.05) is 17.0 Å². The fourth-order valence-corrected chi connectivity index (χ4v) is 2.10. The Morgan fingerprint density at radius 1 is 1.14 bits per heavy atom. The third-order valence-corrected chi connectivity index (χ3v) is 3.26. The predicted octanol–water partition coefficient (Wildman–Crippen LogP) is 3.63. The number of fused-ring (bicyclic) bond motifs is 1. The quantitative estimate of drug-likeness (QED) is 0.803. The van der Waals surface area contributed by atoms with Gasteiger partial charge in [-0.2, -0.15) is 0 Å². The lowest BCUT2D eigenvalue weighted by molar-refractivity contribution is 0.102. The number of pyridine rings is 1. The Morgan fingerprint density at radius 2 is 1.91 bits per heavy atom. The van der Waals surface area contributed by atoms with E-state index < -0.39 is 0 Å². The van der Waals surface area contributed by atoms with Gasteiger partial charge >= 0.3 is 0 Å². The summed E-state index contributed by atoms with van der Waals surface area (Å²) in [7, 11) is 1.60. The van der Waals surface area contributed by atoms with Gasteiger partial charge in [0.2, 0.25) is 0 Å².